The van der Waals surface area contributed by atoms with E-state index in [0.717, 1.165) is 16.9 Å². The predicted molar refractivity (Wildman–Crippen MR) is 129 cm³/mol. The molecule has 5 nitrogen and oxygen atoms in total. The van der Waals surface area contributed by atoms with E-state index >= 15 is 0 Å². The van der Waals surface area contributed by atoms with E-state index in [4.69, 9.17) is 16.3 Å². The number of carbonyl (C=O) groups is 2. The zero-order valence-corrected chi connectivity index (χ0v) is 20.3. The van der Waals surface area contributed by atoms with Gasteiger partial charge in [-0.2, -0.15) is 0 Å². The van der Waals surface area contributed by atoms with Crippen molar-refractivity contribution in [2.24, 2.45) is 0 Å². The Morgan fingerprint density at radius 1 is 1.13 bits per heavy atom. The first kappa shape index (κ1) is 25.1. The topological polar surface area (TPSA) is 58.6 Å². The third kappa shape index (κ3) is 8.11. The number of nitrogens with zero attached hydrogens (tertiary/aromatic N) is 1. The average molecular weight is 463 g/mol. The van der Waals surface area contributed by atoms with Crippen LogP contribution in [0.1, 0.15) is 38.8 Å². The first-order valence-electron chi connectivity index (χ1n) is 10.2. The summed E-state index contributed by atoms with van der Waals surface area (Å²) < 4.78 is 5.21. The molecular formula is C24H31ClN2O3S. The summed E-state index contributed by atoms with van der Waals surface area (Å²) in [6.07, 6.45) is 0. The second-order valence-corrected chi connectivity index (χ2v) is 9.76. The molecule has 168 valence electrons. The van der Waals surface area contributed by atoms with Gasteiger partial charge in [0.25, 0.3) is 0 Å². The highest BCUT2D eigenvalue weighted by atomic mass is 35.5. The van der Waals surface area contributed by atoms with Crippen LogP contribution in [-0.4, -0.2) is 41.2 Å². The van der Waals surface area contributed by atoms with Crippen LogP contribution in [-0.2, 0) is 21.9 Å². The fourth-order valence-electron chi connectivity index (χ4n) is 2.93. The summed E-state index contributed by atoms with van der Waals surface area (Å²) in [5.74, 6) is 1.36. The zero-order chi connectivity index (χ0) is 23.0. The molecule has 0 aliphatic carbocycles. The van der Waals surface area contributed by atoms with Gasteiger partial charge in [-0.3, -0.25) is 9.59 Å². The summed E-state index contributed by atoms with van der Waals surface area (Å²) in [6, 6.07) is 14.5. The van der Waals surface area contributed by atoms with Gasteiger partial charge in [-0.25, -0.2) is 0 Å². The fourth-order valence-corrected chi connectivity index (χ4v) is 4.13. The fraction of sp³-hybridized carbons (Fsp3) is 0.417. The Labute approximate surface area is 194 Å². The molecule has 2 amide bonds. The highest BCUT2D eigenvalue weighted by Gasteiger charge is 2.28. The SMILES string of the molecule is COc1ccc(CN(C(=O)CSCc2ccccc2Cl)[C@H](C)C(=O)NC(C)(C)C)cc1. The van der Waals surface area contributed by atoms with Crippen molar-refractivity contribution < 1.29 is 14.3 Å². The van der Waals surface area contributed by atoms with Crippen molar-refractivity contribution in [3.63, 3.8) is 0 Å². The lowest BCUT2D eigenvalue weighted by atomic mass is 10.1. The Morgan fingerprint density at radius 2 is 1.77 bits per heavy atom. The molecule has 7 heteroatoms. The van der Waals surface area contributed by atoms with Crippen molar-refractivity contribution in [2.75, 3.05) is 12.9 Å². The largest absolute Gasteiger partial charge is 0.497 e. The molecule has 1 atom stereocenters. The zero-order valence-electron chi connectivity index (χ0n) is 18.8. The number of hydrogen-bond donors (Lipinski definition) is 1. The monoisotopic (exact) mass is 462 g/mol. The van der Waals surface area contributed by atoms with Crippen molar-refractivity contribution in [3.05, 3.63) is 64.7 Å². The summed E-state index contributed by atoms with van der Waals surface area (Å²) in [6.45, 7) is 7.88. The number of hydrogen-bond acceptors (Lipinski definition) is 4. The predicted octanol–water partition coefficient (Wildman–Crippen LogP) is 4.91. The van der Waals surface area contributed by atoms with Gasteiger partial charge in [-0.15, -0.1) is 11.8 Å². The number of rotatable bonds is 9. The van der Waals surface area contributed by atoms with Gasteiger partial charge in [0.1, 0.15) is 11.8 Å². The van der Waals surface area contributed by atoms with E-state index in [1.54, 1.807) is 18.9 Å². The molecule has 0 saturated heterocycles. The van der Waals surface area contributed by atoms with Crippen molar-refractivity contribution in [1.29, 1.82) is 0 Å². The summed E-state index contributed by atoms with van der Waals surface area (Å²) in [7, 11) is 1.61. The maximum absolute atomic E-state index is 13.1. The number of benzene rings is 2. The maximum Gasteiger partial charge on any atom is 0.242 e. The van der Waals surface area contributed by atoms with Gasteiger partial charge in [-0.1, -0.05) is 41.9 Å². The van der Waals surface area contributed by atoms with E-state index in [-0.39, 0.29) is 23.1 Å². The van der Waals surface area contributed by atoms with Gasteiger partial charge >= 0.3 is 0 Å². The number of amides is 2. The van der Waals surface area contributed by atoms with Gasteiger partial charge in [0.15, 0.2) is 0 Å². The molecule has 0 saturated carbocycles. The molecule has 1 N–H and O–H groups in total. The van der Waals surface area contributed by atoms with Crippen LogP contribution >= 0.6 is 23.4 Å². The molecule has 2 aromatic carbocycles. The molecule has 2 rings (SSSR count). The Bertz CT molecular complexity index is 881. The lowest BCUT2D eigenvalue weighted by Gasteiger charge is -2.31. The Hall–Kier alpha value is -2.18. The number of halogens is 1. The quantitative estimate of drug-likeness (QED) is 0.575. The van der Waals surface area contributed by atoms with Crippen LogP contribution in [0.15, 0.2) is 48.5 Å². The van der Waals surface area contributed by atoms with E-state index in [1.807, 2.05) is 69.3 Å². The normalized spacial score (nSPS) is 12.2. The molecule has 0 fully saturated rings. The Kier molecular flexibility index (Phi) is 9.26. The van der Waals surface area contributed by atoms with Gasteiger partial charge in [0.05, 0.1) is 12.9 Å². The molecule has 0 unspecified atom stereocenters. The number of nitrogens with one attached hydrogen (secondary N) is 1. The van der Waals surface area contributed by atoms with E-state index in [1.165, 1.54) is 11.8 Å². The molecule has 0 aliphatic heterocycles. The number of methoxy groups -OCH3 is 1. The minimum Gasteiger partial charge on any atom is -0.497 e. The standard InChI is InChI=1S/C24H31ClN2O3S/c1-17(23(29)26-24(2,3)4)27(14-18-10-12-20(30-5)13-11-18)22(28)16-31-15-19-8-6-7-9-21(19)25/h6-13,17H,14-16H2,1-5H3,(H,26,29)/t17-/m1/s1. The Balaban J connectivity index is 2.11. The van der Waals surface area contributed by atoms with Crippen LogP contribution in [0.4, 0.5) is 0 Å². The van der Waals surface area contributed by atoms with Crippen LogP contribution < -0.4 is 10.1 Å². The van der Waals surface area contributed by atoms with Gasteiger partial charge < -0.3 is 15.0 Å². The molecule has 0 aromatic heterocycles. The van der Waals surface area contributed by atoms with Crippen molar-refractivity contribution in [3.8, 4) is 5.75 Å². The van der Waals surface area contributed by atoms with E-state index < -0.39 is 6.04 Å². The van der Waals surface area contributed by atoms with Crippen molar-refractivity contribution in [1.82, 2.24) is 10.2 Å². The van der Waals surface area contributed by atoms with Crippen LogP contribution in [0.3, 0.4) is 0 Å². The molecule has 0 aliphatic rings. The smallest absolute Gasteiger partial charge is 0.242 e. The molecule has 0 heterocycles. The lowest BCUT2D eigenvalue weighted by Crippen LogP contribution is -2.52. The second-order valence-electron chi connectivity index (χ2n) is 8.37. The minimum atomic E-state index is -0.602. The summed E-state index contributed by atoms with van der Waals surface area (Å²) >= 11 is 7.70. The average Bonchev–Trinajstić information content (AvgIpc) is 2.72. The third-order valence-electron chi connectivity index (χ3n) is 4.62. The molecule has 31 heavy (non-hydrogen) atoms. The molecule has 0 radical (unpaired) electrons. The summed E-state index contributed by atoms with van der Waals surface area (Å²) in [5, 5.41) is 3.66. The highest BCUT2D eigenvalue weighted by Crippen LogP contribution is 2.22. The summed E-state index contributed by atoms with van der Waals surface area (Å²) in [4.78, 5) is 27.5. The molecule has 2 aromatic rings. The van der Waals surface area contributed by atoms with Gasteiger partial charge in [0, 0.05) is 22.9 Å². The van der Waals surface area contributed by atoms with E-state index in [0.29, 0.717) is 17.3 Å². The van der Waals surface area contributed by atoms with E-state index in [2.05, 4.69) is 5.32 Å². The Morgan fingerprint density at radius 3 is 2.35 bits per heavy atom. The van der Waals surface area contributed by atoms with Gasteiger partial charge in [-0.05, 0) is 57.0 Å². The van der Waals surface area contributed by atoms with Crippen molar-refractivity contribution >= 4 is 35.2 Å². The number of carbonyl (C=O) groups excluding carboxylic acids is 2. The maximum atomic E-state index is 13.1. The minimum absolute atomic E-state index is 0.0931. The first-order chi connectivity index (χ1) is 14.6. The molecular weight excluding hydrogens is 432 g/mol. The number of thioether (sulfide) groups is 1. The van der Waals surface area contributed by atoms with Crippen LogP contribution in [0.25, 0.3) is 0 Å². The van der Waals surface area contributed by atoms with Gasteiger partial charge in [0.2, 0.25) is 11.8 Å². The molecule has 0 bridgehead atoms. The highest BCUT2D eigenvalue weighted by molar-refractivity contribution is 7.99. The van der Waals surface area contributed by atoms with E-state index in [9.17, 15) is 9.59 Å². The van der Waals surface area contributed by atoms with Crippen LogP contribution in [0.5, 0.6) is 5.75 Å². The molecule has 0 spiro atoms. The second kappa shape index (κ2) is 11.4. The third-order valence-corrected chi connectivity index (χ3v) is 5.95. The summed E-state index contributed by atoms with van der Waals surface area (Å²) in [5.41, 5.74) is 1.54. The van der Waals surface area contributed by atoms with Crippen LogP contribution in [0, 0.1) is 0 Å². The first-order valence-corrected chi connectivity index (χ1v) is 11.7. The lowest BCUT2D eigenvalue weighted by molar-refractivity contribution is -0.139. The van der Waals surface area contributed by atoms with Crippen LogP contribution in [0.2, 0.25) is 5.02 Å². The van der Waals surface area contributed by atoms with Crippen molar-refractivity contribution in [2.45, 2.75) is 51.6 Å². The number of ether oxygens (including phenoxy) is 1.